The summed E-state index contributed by atoms with van der Waals surface area (Å²) >= 11 is 5.71. The average Bonchev–Trinajstić information content (AvgIpc) is 2.38. The molecule has 3 nitrogen and oxygen atoms in total. The Balaban J connectivity index is 2.33. The molecule has 0 spiro atoms. The molecule has 0 bridgehead atoms. The van der Waals surface area contributed by atoms with E-state index in [1.165, 1.54) is 24.4 Å². The van der Waals surface area contributed by atoms with Crippen LogP contribution >= 0.6 is 11.6 Å². The third-order valence-electron chi connectivity index (χ3n) is 2.37. The smallest absolute Gasteiger partial charge is 0.406 e. The molecule has 0 atom stereocenters. The number of hydrogen-bond donors (Lipinski definition) is 0. The Hall–Kier alpha value is -2.08. The van der Waals surface area contributed by atoms with Crippen LogP contribution in [0.5, 0.6) is 5.75 Å². The molecular formula is C13H7ClF3NO2. The summed E-state index contributed by atoms with van der Waals surface area (Å²) in [5.74, 6) is -0.345. The van der Waals surface area contributed by atoms with E-state index in [0.717, 1.165) is 12.1 Å². The normalized spacial score (nSPS) is 11.2. The van der Waals surface area contributed by atoms with Crippen molar-refractivity contribution < 1.29 is 22.7 Å². The minimum absolute atomic E-state index is 0.252. The monoisotopic (exact) mass is 301 g/mol. The van der Waals surface area contributed by atoms with E-state index >= 15 is 0 Å². The van der Waals surface area contributed by atoms with Gasteiger partial charge in [-0.1, -0.05) is 11.6 Å². The molecule has 0 amide bonds. The second-order valence-electron chi connectivity index (χ2n) is 3.78. The number of rotatable bonds is 3. The number of ether oxygens (including phenoxy) is 1. The summed E-state index contributed by atoms with van der Waals surface area (Å²) < 4.78 is 39.9. The van der Waals surface area contributed by atoms with Gasteiger partial charge < -0.3 is 4.74 Å². The SMILES string of the molecule is O=Cc1cc(Cl)cnc1-c1ccc(OC(F)(F)F)cc1. The number of pyridine rings is 1. The van der Waals surface area contributed by atoms with Gasteiger partial charge in [0.15, 0.2) is 6.29 Å². The van der Waals surface area contributed by atoms with Gasteiger partial charge in [0, 0.05) is 17.3 Å². The Labute approximate surface area is 117 Å². The van der Waals surface area contributed by atoms with Crippen LogP contribution in [0, 0.1) is 0 Å². The second kappa shape index (κ2) is 5.50. The lowest BCUT2D eigenvalue weighted by Gasteiger charge is -2.09. The van der Waals surface area contributed by atoms with E-state index in [4.69, 9.17) is 11.6 Å². The minimum atomic E-state index is -4.74. The van der Waals surface area contributed by atoms with Gasteiger partial charge in [0.25, 0.3) is 0 Å². The highest BCUT2D eigenvalue weighted by atomic mass is 35.5. The molecule has 2 rings (SSSR count). The topological polar surface area (TPSA) is 39.2 Å². The quantitative estimate of drug-likeness (QED) is 0.801. The molecule has 7 heteroatoms. The van der Waals surface area contributed by atoms with Crippen LogP contribution in [-0.4, -0.2) is 17.6 Å². The molecule has 2 aromatic rings. The van der Waals surface area contributed by atoms with Crippen molar-refractivity contribution in [3.8, 4) is 17.0 Å². The Bertz CT molecular complexity index is 627. The third-order valence-corrected chi connectivity index (χ3v) is 2.58. The van der Waals surface area contributed by atoms with Gasteiger partial charge in [-0.25, -0.2) is 0 Å². The average molecular weight is 302 g/mol. The van der Waals surface area contributed by atoms with Gasteiger partial charge in [-0.05, 0) is 30.3 Å². The van der Waals surface area contributed by atoms with E-state index < -0.39 is 6.36 Å². The van der Waals surface area contributed by atoms with Crippen LogP contribution in [0.25, 0.3) is 11.3 Å². The molecule has 0 N–H and O–H groups in total. The molecule has 20 heavy (non-hydrogen) atoms. The van der Waals surface area contributed by atoms with Gasteiger partial charge in [-0.3, -0.25) is 9.78 Å². The van der Waals surface area contributed by atoms with Crippen molar-refractivity contribution in [1.82, 2.24) is 4.98 Å². The maximum atomic E-state index is 12.0. The molecule has 0 saturated carbocycles. The first-order chi connectivity index (χ1) is 9.39. The van der Waals surface area contributed by atoms with Gasteiger partial charge >= 0.3 is 6.36 Å². The summed E-state index contributed by atoms with van der Waals surface area (Å²) in [5, 5.41) is 0.299. The van der Waals surface area contributed by atoms with Crippen LogP contribution in [-0.2, 0) is 0 Å². The van der Waals surface area contributed by atoms with Crippen LogP contribution in [0.4, 0.5) is 13.2 Å². The molecule has 0 aliphatic rings. The van der Waals surface area contributed by atoms with Crippen molar-refractivity contribution in [2.45, 2.75) is 6.36 Å². The van der Waals surface area contributed by atoms with E-state index in [1.807, 2.05) is 0 Å². The largest absolute Gasteiger partial charge is 0.573 e. The zero-order valence-corrected chi connectivity index (χ0v) is 10.6. The van der Waals surface area contributed by atoms with Crippen molar-refractivity contribution in [3.05, 3.63) is 47.1 Å². The first-order valence-corrected chi connectivity index (χ1v) is 5.74. The molecule has 0 saturated heterocycles. The highest BCUT2D eigenvalue weighted by Crippen LogP contribution is 2.27. The fourth-order valence-corrected chi connectivity index (χ4v) is 1.77. The van der Waals surface area contributed by atoms with Crippen LogP contribution < -0.4 is 4.74 Å². The lowest BCUT2D eigenvalue weighted by Crippen LogP contribution is -2.16. The number of halogens is 4. The van der Waals surface area contributed by atoms with Crippen molar-refractivity contribution in [2.24, 2.45) is 0 Å². The first-order valence-electron chi connectivity index (χ1n) is 5.36. The minimum Gasteiger partial charge on any atom is -0.406 e. The number of hydrogen-bond acceptors (Lipinski definition) is 3. The lowest BCUT2D eigenvalue weighted by molar-refractivity contribution is -0.274. The Morgan fingerprint density at radius 3 is 2.40 bits per heavy atom. The van der Waals surface area contributed by atoms with Gasteiger partial charge in [-0.2, -0.15) is 0 Å². The van der Waals surface area contributed by atoms with Crippen molar-refractivity contribution in [2.75, 3.05) is 0 Å². The Morgan fingerprint density at radius 2 is 1.85 bits per heavy atom. The number of carbonyl (C=O) groups excluding carboxylic acids is 1. The molecule has 1 heterocycles. The van der Waals surface area contributed by atoms with Gasteiger partial charge in [0.1, 0.15) is 5.75 Å². The standard InChI is InChI=1S/C13H7ClF3NO2/c14-10-5-9(7-19)12(18-6-10)8-1-3-11(4-2-8)20-13(15,16)17/h1-7H. The molecule has 0 aliphatic heterocycles. The molecule has 0 radical (unpaired) electrons. The van der Waals surface area contributed by atoms with E-state index in [-0.39, 0.29) is 11.3 Å². The number of alkyl halides is 3. The van der Waals surface area contributed by atoms with E-state index in [0.29, 0.717) is 22.6 Å². The summed E-state index contributed by atoms with van der Waals surface area (Å²) in [4.78, 5) is 14.9. The summed E-state index contributed by atoms with van der Waals surface area (Å²) in [7, 11) is 0. The van der Waals surface area contributed by atoms with Crippen LogP contribution in [0.1, 0.15) is 10.4 Å². The molecule has 1 aromatic heterocycles. The molecule has 104 valence electrons. The fourth-order valence-electron chi connectivity index (χ4n) is 1.60. The number of carbonyl (C=O) groups is 1. The maximum absolute atomic E-state index is 12.0. The molecule has 0 aliphatic carbocycles. The Kier molecular flexibility index (Phi) is 3.94. The van der Waals surface area contributed by atoms with Crippen LogP contribution in [0.2, 0.25) is 5.02 Å². The van der Waals surface area contributed by atoms with E-state index in [2.05, 4.69) is 9.72 Å². The fraction of sp³-hybridized carbons (Fsp3) is 0.0769. The highest BCUT2D eigenvalue weighted by molar-refractivity contribution is 6.30. The predicted molar refractivity (Wildman–Crippen MR) is 66.8 cm³/mol. The number of benzene rings is 1. The van der Waals surface area contributed by atoms with E-state index in [9.17, 15) is 18.0 Å². The second-order valence-corrected chi connectivity index (χ2v) is 4.22. The van der Waals surface area contributed by atoms with Crippen LogP contribution in [0.3, 0.4) is 0 Å². The summed E-state index contributed by atoms with van der Waals surface area (Å²) in [6.07, 6.45) is -2.81. The zero-order chi connectivity index (χ0) is 14.8. The van der Waals surface area contributed by atoms with Gasteiger partial charge in [0.05, 0.1) is 10.7 Å². The Morgan fingerprint density at radius 1 is 1.20 bits per heavy atom. The number of nitrogens with zero attached hydrogens (tertiary/aromatic N) is 1. The number of aromatic nitrogens is 1. The summed E-state index contributed by atoms with van der Waals surface area (Å²) in [6.45, 7) is 0. The molecule has 0 fully saturated rings. The third kappa shape index (κ3) is 3.48. The summed E-state index contributed by atoms with van der Waals surface area (Å²) in [6, 6.07) is 6.48. The maximum Gasteiger partial charge on any atom is 0.573 e. The molecule has 0 unspecified atom stereocenters. The predicted octanol–water partition coefficient (Wildman–Crippen LogP) is 4.11. The van der Waals surface area contributed by atoms with Crippen molar-refractivity contribution in [3.63, 3.8) is 0 Å². The van der Waals surface area contributed by atoms with E-state index in [1.54, 1.807) is 0 Å². The lowest BCUT2D eigenvalue weighted by atomic mass is 10.1. The zero-order valence-electron chi connectivity index (χ0n) is 9.82. The van der Waals surface area contributed by atoms with Crippen molar-refractivity contribution >= 4 is 17.9 Å². The van der Waals surface area contributed by atoms with Gasteiger partial charge in [-0.15, -0.1) is 13.2 Å². The molecular weight excluding hydrogens is 295 g/mol. The van der Waals surface area contributed by atoms with Crippen molar-refractivity contribution in [1.29, 1.82) is 0 Å². The van der Waals surface area contributed by atoms with Crippen LogP contribution in [0.15, 0.2) is 36.5 Å². The molecule has 1 aromatic carbocycles. The highest BCUT2D eigenvalue weighted by Gasteiger charge is 2.30. The summed E-state index contributed by atoms with van der Waals surface area (Å²) in [5.41, 5.74) is 1.07. The first kappa shape index (κ1) is 14.3. The number of aldehydes is 1. The van der Waals surface area contributed by atoms with Gasteiger partial charge in [0.2, 0.25) is 0 Å².